The molecule has 0 fully saturated rings. The minimum atomic E-state index is 0.656. The third-order valence-electron chi connectivity index (χ3n) is 3.28. The molecule has 3 nitrogen and oxygen atoms in total. The summed E-state index contributed by atoms with van der Waals surface area (Å²) in [6.45, 7) is 5.76. The number of ether oxygens (including phenoxy) is 3. The van der Waals surface area contributed by atoms with Crippen LogP contribution in [0.4, 0.5) is 0 Å². The molecule has 0 aromatic carbocycles. The maximum atomic E-state index is 5.51. The molecule has 0 heterocycles. The second-order valence-corrected chi connectivity index (χ2v) is 8.04. The molecule has 134 valence electrons. The van der Waals surface area contributed by atoms with Gasteiger partial charge in [-0.1, -0.05) is 73.5 Å². The van der Waals surface area contributed by atoms with E-state index < -0.39 is 0 Å². The summed E-state index contributed by atoms with van der Waals surface area (Å²) in [5.41, 5.74) is 0. The normalized spacial score (nSPS) is 11.2. The molecule has 0 spiro atoms. The van der Waals surface area contributed by atoms with Gasteiger partial charge in [-0.15, -0.1) is 0 Å². The summed E-state index contributed by atoms with van der Waals surface area (Å²) in [5, 5.41) is 0. The molecule has 0 unspecified atom stereocenters. The molecule has 0 saturated carbocycles. The van der Waals surface area contributed by atoms with Gasteiger partial charge < -0.3 is 14.2 Å². The number of hydrogen-bond donors (Lipinski definition) is 0. The summed E-state index contributed by atoms with van der Waals surface area (Å²) >= 11 is 0. The molecule has 5 heteroatoms. The Morgan fingerprint density at radius 2 is 1.14 bits per heavy atom. The van der Waals surface area contributed by atoms with Crippen LogP contribution in [0.1, 0.15) is 58.3 Å². The molecule has 0 N–H and O–H groups in total. The molecule has 0 aromatic heterocycles. The van der Waals surface area contributed by atoms with E-state index in [1.807, 2.05) is 21.6 Å². The predicted octanol–water partition coefficient (Wildman–Crippen LogP) is 5.19. The maximum absolute atomic E-state index is 5.51. The molecule has 0 bridgehead atoms. The Morgan fingerprint density at radius 1 is 0.591 bits per heavy atom. The molecule has 0 saturated heterocycles. The van der Waals surface area contributed by atoms with E-state index in [4.69, 9.17) is 14.2 Å². The van der Waals surface area contributed by atoms with Gasteiger partial charge in [-0.05, 0) is 6.42 Å². The highest BCUT2D eigenvalue weighted by Gasteiger charge is 1.95. The van der Waals surface area contributed by atoms with Crippen molar-refractivity contribution < 1.29 is 14.2 Å². The fourth-order valence-corrected chi connectivity index (χ4v) is 3.98. The standard InChI is InChI=1S/C17H36O3S2/c1-3-4-5-6-7-8-9-10-16-21-22-17-15-20-14-13-19-12-11-18-2/h3-17H2,1-2H3. The van der Waals surface area contributed by atoms with Gasteiger partial charge in [0.1, 0.15) is 0 Å². The van der Waals surface area contributed by atoms with Gasteiger partial charge in [0.15, 0.2) is 0 Å². The van der Waals surface area contributed by atoms with E-state index in [2.05, 4.69) is 6.92 Å². The van der Waals surface area contributed by atoms with Gasteiger partial charge in [0, 0.05) is 18.6 Å². The third-order valence-corrected chi connectivity index (χ3v) is 5.73. The molecular formula is C17H36O3S2. The largest absolute Gasteiger partial charge is 0.382 e. The summed E-state index contributed by atoms with van der Waals surface area (Å²) in [4.78, 5) is 0. The van der Waals surface area contributed by atoms with E-state index in [1.54, 1.807) is 7.11 Å². The molecule has 0 aliphatic heterocycles. The summed E-state index contributed by atoms with van der Waals surface area (Å²) in [6, 6.07) is 0. The number of rotatable bonds is 19. The fraction of sp³-hybridized carbons (Fsp3) is 1.00. The maximum Gasteiger partial charge on any atom is 0.0701 e. The number of hydrogen-bond acceptors (Lipinski definition) is 5. The summed E-state index contributed by atoms with van der Waals surface area (Å²) < 4.78 is 15.7. The molecular weight excluding hydrogens is 316 g/mol. The highest BCUT2D eigenvalue weighted by atomic mass is 33.1. The van der Waals surface area contributed by atoms with E-state index in [0.29, 0.717) is 26.4 Å². The van der Waals surface area contributed by atoms with Crippen molar-refractivity contribution in [2.24, 2.45) is 0 Å². The average Bonchev–Trinajstić information content (AvgIpc) is 2.54. The Morgan fingerprint density at radius 3 is 1.82 bits per heavy atom. The van der Waals surface area contributed by atoms with Crippen molar-refractivity contribution in [1.29, 1.82) is 0 Å². The van der Waals surface area contributed by atoms with Crippen LogP contribution in [-0.4, -0.2) is 51.6 Å². The third kappa shape index (κ3) is 20.6. The van der Waals surface area contributed by atoms with Crippen LogP contribution in [0, 0.1) is 0 Å². The van der Waals surface area contributed by atoms with Crippen LogP contribution in [0.3, 0.4) is 0 Å². The van der Waals surface area contributed by atoms with E-state index in [1.165, 1.54) is 57.1 Å². The zero-order valence-electron chi connectivity index (χ0n) is 14.6. The van der Waals surface area contributed by atoms with Crippen LogP contribution in [0.25, 0.3) is 0 Å². The average molecular weight is 353 g/mol. The zero-order valence-corrected chi connectivity index (χ0v) is 16.3. The zero-order chi connectivity index (χ0) is 16.1. The van der Waals surface area contributed by atoms with E-state index >= 15 is 0 Å². The second-order valence-electron chi connectivity index (χ2n) is 5.34. The molecule has 0 aromatic rings. The minimum absolute atomic E-state index is 0.656. The van der Waals surface area contributed by atoms with Gasteiger partial charge in [0.2, 0.25) is 0 Å². The molecule has 0 amide bonds. The first-order chi connectivity index (χ1) is 10.9. The second kappa shape index (κ2) is 21.6. The molecule has 0 rings (SSSR count). The Hall–Kier alpha value is 0.580. The Labute approximate surface area is 146 Å². The van der Waals surface area contributed by atoms with Gasteiger partial charge in [0.25, 0.3) is 0 Å². The van der Waals surface area contributed by atoms with Gasteiger partial charge in [0.05, 0.1) is 33.0 Å². The lowest BCUT2D eigenvalue weighted by Crippen LogP contribution is -2.09. The smallest absolute Gasteiger partial charge is 0.0701 e. The van der Waals surface area contributed by atoms with Crippen molar-refractivity contribution in [2.45, 2.75) is 58.3 Å². The summed E-state index contributed by atoms with van der Waals surface area (Å²) in [7, 11) is 5.60. The minimum Gasteiger partial charge on any atom is -0.382 e. The van der Waals surface area contributed by atoms with Gasteiger partial charge >= 0.3 is 0 Å². The monoisotopic (exact) mass is 352 g/mol. The van der Waals surface area contributed by atoms with Gasteiger partial charge in [-0.2, -0.15) is 0 Å². The lowest BCUT2D eigenvalue weighted by molar-refractivity contribution is 0.0286. The molecule has 0 atom stereocenters. The van der Waals surface area contributed by atoms with Crippen molar-refractivity contribution in [1.82, 2.24) is 0 Å². The van der Waals surface area contributed by atoms with Crippen LogP contribution in [0.15, 0.2) is 0 Å². The SMILES string of the molecule is CCCCCCCCCCSSCCOCCOCCOC. The Kier molecular flexibility index (Phi) is 22.1. The molecule has 0 aliphatic carbocycles. The first-order valence-corrected chi connectivity index (χ1v) is 11.3. The van der Waals surface area contributed by atoms with Gasteiger partial charge in [-0.3, -0.25) is 0 Å². The first-order valence-electron chi connectivity index (χ1n) is 8.80. The summed E-state index contributed by atoms with van der Waals surface area (Å²) in [6.07, 6.45) is 11.2. The highest BCUT2D eigenvalue weighted by Crippen LogP contribution is 2.22. The number of unbranched alkanes of at least 4 members (excludes halogenated alkanes) is 7. The van der Waals surface area contributed by atoms with Crippen molar-refractivity contribution in [3.05, 3.63) is 0 Å². The highest BCUT2D eigenvalue weighted by molar-refractivity contribution is 8.76. The topological polar surface area (TPSA) is 27.7 Å². The van der Waals surface area contributed by atoms with Crippen LogP contribution in [-0.2, 0) is 14.2 Å². The first kappa shape index (κ1) is 22.6. The van der Waals surface area contributed by atoms with Crippen molar-refractivity contribution in [2.75, 3.05) is 51.6 Å². The van der Waals surface area contributed by atoms with Crippen LogP contribution in [0.2, 0.25) is 0 Å². The lowest BCUT2D eigenvalue weighted by Gasteiger charge is -2.05. The van der Waals surface area contributed by atoms with Crippen molar-refractivity contribution in [3.8, 4) is 0 Å². The molecule has 22 heavy (non-hydrogen) atoms. The van der Waals surface area contributed by atoms with Crippen LogP contribution >= 0.6 is 21.6 Å². The van der Waals surface area contributed by atoms with Crippen molar-refractivity contribution in [3.63, 3.8) is 0 Å². The Balaban J connectivity index is 2.91. The lowest BCUT2D eigenvalue weighted by atomic mass is 10.1. The summed E-state index contributed by atoms with van der Waals surface area (Å²) in [5.74, 6) is 2.35. The van der Waals surface area contributed by atoms with Crippen LogP contribution < -0.4 is 0 Å². The van der Waals surface area contributed by atoms with E-state index in [9.17, 15) is 0 Å². The quantitative estimate of drug-likeness (QED) is 0.236. The van der Waals surface area contributed by atoms with Crippen LogP contribution in [0.5, 0.6) is 0 Å². The molecule has 0 aliphatic rings. The van der Waals surface area contributed by atoms with Crippen molar-refractivity contribution >= 4 is 21.6 Å². The van der Waals surface area contributed by atoms with E-state index in [-0.39, 0.29) is 0 Å². The van der Waals surface area contributed by atoms with E-state index in [0.717, 1.165) is 12.4 Å². The number of methoxy groups -OCH3 is 1. The van der Waals surface area contributed by atoms with Gasteiger partial charge in [-0.25, -0.2) is 0 Å². The fourth-order valence-electron chi connectivity index (χ4n) is 1.97. The Bertz CT molecular complexity index is 175. The molecule has 0 radical (unpaired) electrons. The predicted molar refractivity (Wildman–Crippen MR) is 101 cm³/mol.